The van der Waals surface area contributed by atoms with E-state index in [2.05, 4.69) is 6.92 Å². The van der Waals surface area contributed by atoms with Gasteiger partial charge >= 0.3 is 0 Å². The zero-order valence-electron chi connectivity index (χ0n) is 15.6. The maximum atomic E-state index is 14.3. The lowest BCUT2D eigenvalue weighted by molar-refractivity contribution is 0.341. The van der Waals surface area contributed by atoms with Crippen LogP contribution in [-0.2, 0) is 12.8 Å². The number of hydrogen-bond donors (Lipinski definition) is 2. The molecule has 144 valence electrons. The Balaban J connectivity index is 1.78. The van der Waals surface area contributed by atoms with Crippen LogP contribution in [0.25, 0.3) is 0 Å². The quantitative estimate of drug-likeness (QED) is 0.614. The SMILES string of the molecule is C[C@H]1[C@@H](c2ccc(O)cc2)Cc2ccc(O)cc2[C@H]1Cc1c(F)cccc1F. The topological polar surface area (TPSA) is 40.5 Å². The first-order chi connectivity index (χ1) is 13.4. The van der Waals surface area contributed by atoms with Gasteiger partial charge in [0.2, 0.25) is 0 Å². The van der Waals surface area contributed by atoms with Gasteiger partial charge in [0, 0.05) is 5.56 Å². The Kier molecular flexibility index (Phi) is 4.80. The minimum Gasteiger partial charge on any atom is -0.508 e. The molecule has 1 aliphatic carbocycles. The molecule has 2 N–H and O–H groups in total. The maximum Gasteiger partial charge on any atom is 0.129 e. The number of aromatic hydroxyl groups is 2. The second-order valence-electron chi connectivity index (χ2n) is 7.66. The molecular formula is C24H22F2O2. The summed E-state index contributed by atoms with van der Waals surface area (Å²) in [5, 5.41) is 19.6. The maximum absolute atomic E-state index is 14.3. The molecule has 1 aliphatic rings. The van der Waals surface area contributed by atoms with E-state index in [4.69, 9.17) is 0 Å². The fourth-order valence-electron chi connectivity index (χ4n) is 4.49. The van der Waals surface area contributed by atoms with Gasteiger partial charge in [0.25, 0.3) is 0 Å². The molecule has 0 amide bonds. The first kappa shape index (κ1) is 18.5. The van der Waals surface area contributed by atoms with Crippen molar-refractivity contribution >= 4 is 0 Å². The zero-order valence-corrected chi connectivity index (χ0v) is 15.6. The summed E-state index contributed by atoms with van der Waals surface area (Å²) >= 11 is 0. The van der Waals surface area contributed by atoms with Gasteiger partial charge in [0.05, 0.1) is 0 Å². The van der Waals surface area contributed by atoms with Crippen LogP contribution in [0.2, 0.25) is 0 Å². The fraction of sp³-hybridized carbons (Fsp3) is 0.250. The van der Waals surface area contributed by atoms with Crippen molar-refractivity contribution < 1.29 is 19.0 Å². The molecule has 0 radical (unpaired) electrons. The summed E-state index contributed by atoms with van der Waals surface area (Å²) < 4.78 is 28.7. The zero-order chi connectivity index (χ0) is 19.8. The molecule has 0 saturated heterocycles. The number of rotatable bonds is 3. The highest BCUT2D eigenvalue weighted by molar-refractivity contribution is 5.44. The molecule has 0 fully saturated rings. The van der Waals surface area contributed by atoms with Crippen molar-refractivity contribution in [1.29, 1.82) is 0 Å². The summed E-state index contributed by atoms with van der Waals surface area (Å²) in [4.78, 5) is 0. The molecule has 0 heterocycles. The molecule has 2 nitrogen and oxygen atoms in total. The largest absolute Gasteiger partial charge is 0.508 e. The Hall–Kier alpha value is -2.88. The van der Waals surface area contributed by atoms with Gasteiger partial charge in [-0.15, -0.1) is 0 Å². The standard InChI is InChI=1S/C24H22F2O2/c1-14-19(15-5-8-17(27)9-6-15)11-16-7-10-18(28)12-21(16)20(14)13-22-23(25)3-2-4-24(22)26/h2-10,12,14,19-20,27-28H,11,13H2,1H3/t14-,19-,20-/m0/s1. The van der Waals surface area contributed by atoms with E-state index in [1.807, 2.05) is 18.2 Å². The molecule has 4 rings (SSSR count). The Morgan fingerprint density at radius 1 is 0.893 bits per heavy atom. The van der Waals surface area contributed by atoms with E-state index in [-0.39, 0.29) is 41.2 Å². The van der Waals surface area contributed by atoms with Crippen LogP contribution < -0.4 is 0 Å². The van der Waals surface area contributed by atoms with Crippen molar-refractivity contribution in [3.8, 4) is 11.5 Å². The van der Waals surface area contributed by atoms with Gasteiger partial charge < -0.3 is 10.2 Å². The number of hydrogen-bond acceptors (Lipinski definition) is 2. The highest BCUT2D eigenvalue weighted by atomic mass is 19.1. The first-order valence-corrected chi connectivity index (χ1v) is 9.47. The monoisotopic (exact) mass is 380 g/mol. The number of phenols is 2. The minimum absolute atomic E-state index is 0.0833. The van der Waals surface area contributed by atoms with Gasteiger partial charge in [-0.3, -0.25) is 0 Å². The van der Waals surface area contributed by atoms with Gasteiger partial charge in [0.1, 0.15) is 23.1 Å². The van der Waals surface area contributed by atoms with Crippen LogP contribution >= 0.6 is 0 Å². The van der Waals surface area contributed by atoms with E-state index < -0.39 is 11.6 Å². The van der Waals surface area contributed by atoms with Gasteiger partial charge in [-0.25, -0.2) is 8.78 Å². The van der Waals surface area contributed by atoms with Crippen molar-refractivity contribution in [2.75, 3.05) is 0 Å². The molecule has 0 spiro atoms. The lowest BCUT2D eigenvalue weighted by Gasteiger charge is -2.38. The molecule has 4 heteroatoms. The molecule has 3 aromatic carbocycles. The van der Waals surface area contributed by atoms with Crippen molar-refractivity contribution in [1.82, 2.24) is 0 Å². The van der Waals surface area contributed by atoms with Gasteiger partial charge in [-0.1, -0.05) is 31.2 Å². The average molecular weight is 380 g/mol. The molecule has 0 saturated carbocycles. The second-order valence-corrected chi connectivity index (χ2v) is 7.66. The van der Waals surface area contributed by atoms with Gasteiger partial charge in [-0.2, -0.15) is 0 Å². The summed E-state index contributed by atoms with van der Waals surface area (Å²) in [5.74, 6) is -0.603. The Bertz CT molecular complexity index is 978. The predicted octanol–water partition coefficient (Wildman–Crippen LogP) is 5.68. The normalized spacial score (nSPS) is 21.3. The third-order valence-corrected chi connectivity index (χ3v) is 6.05. The van der Waals surface area contributed by atoms with Crippen LogP contribution in [0.4, 0.5) is 8.78 Å². The highest BCUT2D eigenvalue weighted by Gasteiger charge is 2.35. The predicted molar refractivity (Wildman–Crippen MR) is 105 cm³/mol. The van der Waals surface area contributed by atoms with Crippen molar-refractivity contribution in [2.45, 2.75) is 31.6 Å². The average Bonchev–Trinajstić information content (AvgIpc) is 2.67. The van der Waals surface area contributed by atoms with Crippen LogP contribution in [0, 0.1) is 17.6 Å². The Morgan fingerprint density at radius 2 is 1.54 bits per heavy atom. The summed E-state index contributed by atoms with van der Waals surface area (Å²) in [6.07, 6.45) is 1.00. The third kappa shape index (κ3) is 3.35. The van der Waals surface area contributed by atoms with E-state index in [0.29, 0.717) is 0 Å². The number of benzene rings is 3. The summed E-state index contributed by atoms with van der Waals surface area (Å²) in [6.45, 7) is 2.09. The second kappa shape index (κ2) is 7.27. The molecule has 0 aliphatic heterocycles. The van der Waals surface area contributed by atoms with E-state index in [0.717, 1.165) is 23.1 Å². The highest BCUT2D eigenvalue weighted by Crippen LogP contribution is 2.47. The van der Waals surface area contributed by atoms with E-state index in [9.17, 15) is 19.0 Å². The van der Waals surface area contributed by atoms with Crippen LogP contribution in [0.1, 0.15) is 41.0 Å². The van der Waals surface area contributed by atoms with Crippen molar-refractivity contribution in [3.63, 3.8) is 0 Å². The lowest BCUT2D eigenvalue weighted by Crippen LogP contribution is -2.28. The third-order valence-electron chi connectivity index (χ3n) is 6.05. The van der Waals surface area contributed by atoms with E-state index in [1.54, 1.807) is 24.3 Å². The van der Waals surface area contributed by atoms with Gasteiger partial charge in [-0.05, 0) is 83.7 Å². The lowest BCUT2D eigenvalue weighted by atomic mass is 9.66. The molecule has 3 atom stereocenters. The number of fused-ring (bicyclic) bond motifs is 1. The number of phenolic OH excluding ortho intramolecular Hbond substituents is 2. The summed E-state index contributed by atoms with van der Waals surface area (Å²) in [7, 11) is 0. The molecular weight excluding hydrogens is 358 g/mol. The molecule has 0 unspecified atom stereocenters. The molecule has 0 aromatic heterocycles. The van der Waals surface area contributed by atoms with Crippen LogP contribution in [0.5, 0.6) is 11.5 Å². The van der Waals surface area contributed by atoms with E-state index in [1.165, 1.54) is 18.2 Å². The van der Waals surface area contributed by atoms with Gasteiger partial charge in [0.15, 0.2) is 0 Å². The smallest absolute Gasteiger partial charge is 0.129 e. The van der Waals surface area contributed by atoms with E-state index >= 15 is 0 Å². The molecule has 28 heavy (non-hydrogen) atoms. The van der Waals surface area contributed by atoms with Crippen LogP contribution in [0.15, 0.2) is 60.7 Å². The first-order valence-electron chi connectivity index (χ1n) is 9.47. The van der Waals surface area contributed by atoms with Crippen LogP contribution in [0.3, 0.4) is 0 Å². The fourth-order valence-corrected chi connectivity index (χ4v) is 4.49. The Labute approximate surface area is 163 Å². The summed E-state index contributed by atoms with van der Waals surface area (Å²) in [6, 6.07) is 16.4. The van der Waals surface area contributed by atoms with Crippen LogP contribution in [-0.4, -0.2) is 10.2 Å². The molecule has 3 aromatic rings. The summed E-state index contributed by atoms with van der Waals surface area (Å²) in [5.41, 5.74) is 3.20. The number of halogens is 2. The Morgan fingerprint density at radius 3 is 2.21 bits per heavy atom. The van der Waals surface area contributed by atoms with Crippen molar-refractivity contribution in [2.24, 2.45) is 5.92 Å². The van der Waals surface area contributed by atoms with Crippen molar-refractivity contribution in [3.05, 3.63) is 94.6 Å². The minimum atomic E-state index is -0.541. The molecule has 0 bridgehead atoms.